The Morgan fingerprint density at radius 3 is 2.66 bits per heavy atom. The number of methoxy groups -OCH3 is 1. The molecule has 0 saturated carbocycles. The molecule has 1 aliphatic rings. The van der Waals surface area contributed by atoms with E-state index in [1.807, 2.05) is 6.07 Å². The summed E-state index contributed by atoms with van der Waals surface area (Å²) in [6, 6.07) is 10.5. The van der Waals surface area contributed by atoms with Crippen molar-refractivity contribution in [2.45, 2.75) is 13.8 Å². The van der Waals surface area contributed by atoms with Gasteiger partial charge in [-0.15, -0.1) is 0 Å². The Kier molecular flexibility index (Phi) is 8.95. The predicted octanol–water partition coefficient (Wildman–Crippen LogP) is 6.03. The lowest BCUT2D eigenvalue weighted by Gasteiger charge is -2.12. The highest BCUT2D eigenvalue weighted by Gasteiger charge is 2.34. The van der Waals surface area contributed by atoms with E-state index in [2.05, 4.69) is 27.5 Å². The molecule has 0 aliphatic carbocycles. The molecule has 2 aromatic rings. The van der Waals surface area contributed by atoms with Crippen LogP contribution in [0.4, 0.5) is 0 Å². The second-order valence-corrected chi connectivity index (χ2v) is 9.11. The summed E-state index contributed by atoms with van der Waals surface area (Å²) >= 11 is 4.48. The van der Waals surface area contributed by atoms with Crippen molar-refractivity contribution in [1.29, 1.82) is 0 Å². The lowest BCUT2D eigenvalue weighted by molar-refractivity contribution is -0.138. The summed E-state index contributed by atoms with van der Waals surface area (Å²) in [5.41, 5.74) is 1.66. The van der Waals surface area contributed by atoms with Crippen LogP contribution in [-0.2, 0) is 9.53 Å². The molecule has 35 heavy (non-hydrogen) atoms. The molecule has 2 aromatic carbocycles. The molecule has 1 aliphatic heterocycles. The molecule has 0 atom stereocenters. The monoisotopic (exact) mass is 557 g/mol. The number of esters is 1. The quantitative estimate of drug-likeness (QED) is 0.312. The highest BCUT2D eigenvalue weighted by atomic mass is 79.9. The topological polar surface area (TPSA) is 94.4 Å². The third-order valence-corrected chi connectivity index (χ3v) is 6.45. The zero-order valence-electron chi connectivity index (χ0n) is 19.5. The van der Waals surface area contributed by atoms with Gasteiger partial charge >= 0.3 is 5.97 Å². The van der Waals surface area contributed by atoms with Crippen LogP contribution < -0.4 is 9.47 Å². The summed E-state index contributed by atoms with van der Waals surface area (Å²) in [6.07, 6.45) is 3.28. The van der Waals surface area contributed by atoms with Crippen molar-refractivity contribution < 1.29 is 28.9 Å². The van der Waals surface area contributed by atoms with Gasteiger partial charge in [0.25, 0.3) is 5.91 Å². The number of thioether (sulfide) groups is 1. The van der Waals surface area contributed by atoms with Gasteiger partial charge in [0.2, 0.25) is 0 Å². The van der Waals surface area contributed by atoms with Gasteiger partial charge in [0, 0.05) is 5.56 Å². The van der Waals surface area contributed by atoms with Gasteiger partial charge in [-0.2, -0.15) is 0 Å². The first-order valence-corrected chi connectivity index (χ1v) is 12.2. The maximum Gasteiger partial charge on any atom is 0.344 e. The van der Waals surface area contributed by atoms with Gasteiger partial charge in [0.15, 0.2) is 11.5 Å². The van der Waals surface area contributed by atoms with Gasteiger partial charge in [-0.1, -0.05) is 42.6 Å². The second kappa shape index (κ2) is 11.9. The van der Waals surface area contributed by atoms with Crippen LogP contribution in [0.3, 0.4) is 0 Å². The Hall–Kier alpha value is -3.30. The Bertz CT molecular complexity index is 1260. The predicted molar refractivity (Wildman–Crippen MR) is 141 cm³/mol. The fraction of sp³-hybridized carbons (Fsp3) is 0.192. The number of hydrogen-bond acceptors (Lipinski definition) is 7. The Balaban J connectivity index is 2.04. The molecule has 0 radical (unpaired) electrons. The van der Waals surface area contributed by atoms with Crippen LogP contribution in [-0.4, -0.2) is 42.4 Å². The van der Waals surface area contributed by atoms with E-state index in [0.29, 0.717) is 38.6 Å². The van der Waals surface area contributed by atoms with E-state index in [1.54, 1.807) is 56.3 Å². The number of aliphatic imine (C=N–C) groups is 1. The Morgan fingerprint density at radius 2 is 2.00 bits per heavy atom. The smallest absolute Gasteiger partial charge is 0.344 e. The zero-order valence-corrected chi connectivity index (χ0v) is 21.9. The number of carbonyl (C=O) groups excluding carboxylic acids is 2. The van der Waals surface area contributed by atoms with Crippen LogP contribution in [0, 0.1) is 6.92 Å². The molecule has 1 heterocycles. The van der Waals surface area contributed by atoms with Crippen molar-refractivity contribution in [3.05, 3.63) is 86.5 Å². The standard InChI is InChI=1S/C26H24BrNO6S/c1-5-11-34-23-18(27)12-16(13-19(23)32-4)14-20-22(29)21(26(31)33-6-2)25(35-20)28-24(30)17-10-8-7-9-15(17)3/h5,7-10,12-14,29H,1,6,11H2,2-4H3/b20-14+,28-25?. The zero-order chi connectivity index (χ0) is 25.5. The molecule has 0 aromatic heterocycles. The van der Waals surface area contributed by atoms with Crippen LogP contribution in [0.5, 0.6) is 11.5 Å². The number of hydrogen-bond donors (Lipinski definition) is 1. The van der Waals surface area contributed by atoms with Crippen molar-refractivity contribution in [1.82, 2.24) is 0 Å². The van der Waals surface area contributed by atoms with Crippen molar-refractivity contribution in [3.8, 4) is 11.5 Å². The first kappa shape index (κ1) is 26.3. The van der Waals surface area contributed by atoms with Gasteiger partial charge in [0.1, 0.15) is 23.0 Å². The molecular formula is C26H24BrNO6S. The lowest BCUT2D eigenvalue weighted by atomic mass is 10.1. The number of benzene rings is 2. The lowest BCUT2D eigenvalue weighted by Crippen LogP contribution is -2.14. The Morgan fingerprint density at radius 1 is 1.26 bits per heavy atom. The van der Waals surface area contributed by atoms with E-state index in [0.717, 1.165) is 17.3 Å². The fourth-order valence-electron chi connectivity index (χ4n) is 3.21. The molecule has 9 heteroatoms. The minimum atomic E-state index is -0.760. The van der Waals surface area contributed by atoms with Crippen molar-refractivity contribution in [2.24, 2.45) is 4.99 Å². The van der Waals surface area contributed by atoms with Crippen LogP contribution in [0.2, 0.25) is 0 Å². The van der Waals surface area contributed by atoms with Gasteiger partial charge < -0.3 is 19.3 Å². The molecule has 0 fully saturated rings. The number of halogens is 1. The summed E-state index contributed by atoms with van der Waals surface area (Å²) < 4.78 is 16.8. The molecule has 0 unspecified atom stereocenters. The summed E-state index contributed by atoms with van der Waals surface area (Å²) in [7, 11) is 1.52. The van der Waals surface area contributed by atoms with E-state index in [9.17, 15) is 14.7 Å². The average Bonchev–Trinajstić information content (AvgIpc) is 3.12. The Labute approximate surface area is 216 Å². The molecule has 0 saturated heterocycles. The van der Waals surface area contributed by atoms with Crippen LogP contribution >= 0.6 is 27.7 Å². The normalized spacial score (nSPS) is 15.4. The van der Waals surface area contributed by atoms with Crippen LogP contribution in [0.15, 0.2) is 74.8 Å². The van der Waals surface area contributed by atoms with E-state index < -0.39 is 11.9 Å². The van der Waals surface area contributed by atoms with Gasteiger partial charge in [-0.05, 0) is 65.2 Å². The minimum Gasteiger partial charge on any atom is -0.506 e. The maximum atomic E-state index is 12.9. The molecule has 1 N–H and O–H groups in total. The average molecular weight is 558 g/mol. The molecule has 3 rings (SSSR count). The summed E-state index contributed by atoms with van der Waals surface area (Å²) in [5, 5.41) is 11.0. The highest BCUT2D eigenvalue weighted by molar-refractivity contribution is 9.10. The molecular weight excluding hydrogens is 534 g/mol. The summed E-state index contributed by atoms with van der Waals surface area (Å²) in [6.45, 7) is 7.50. The molecule has 0 spiro atoms. The maximum absolute atomic E-state index is 12.9. The van der Waals surface area contributed by atoms with Crippen molar-refractivity contribution >= 4 is 50.7 Å². The summed E-state index contributed by atoms with van der Waals surface area (Å²) in [4.78, 5) is 30.0. The van der Waals surface area contributed by atoms with Crippen LogP contribution in [0.1, 0.15) is 28.4 Å². The number of nitrogens with zero attached hydrogens (tertiary/aromatic N) is 1. The fourth-order valence-corrected chi connectivity index (χ4v) is 4.80. The van der Waals surface area contributed by atoms with Crippen LogP contribution in [0.25, 0.3) is 6.08 Å². The second-order valence-electron chi connectivity index (χ2n) is 7.23. The molecule has 182 valence electrons. The van der Waals surface area contributed by atoms with E-state index in [-0.39, 0.29) is 23.0 Å². The largest absolute Gasteiger partial charge is 0.506 e. The van der Waals surface area contributed by atoms with Crippen molar-refractivity contribution in [2.75, 3.05) is 20.3 Å². The molecule has 0 bridgehead atoms. The van der Waals surface area contributed by atoms with Crippen molar-refractivity contribution in [3.63, 3.8) is 0 Å². The molecule has 1 amide bonds. The third kappa shape index (κ3) is 6.04. The third-order valence-electron chi connectivity index (χ3n) is 4.84. The SMILES string of the molecule is C=CCOc1c(Br)cc(/C=C2/SC(=NC(=O)c3ccccc3C)C(C(=O)OCC)=C2O)cc1OC. The number of carbonyl (C=O) groups is 2. The highest BCUT2D eigenvalue weighted by Crippen LogP contribution is 2.42. The number of amides is 1. The number of aliphatic hydroxyl groups is 1. The van der Waals surface area contributed by atoms with E-state index in [1.165, 1.54) is 7.11 Å². The molecule has 7 nitrogen and oxygen atoms in total. The first-order chi connectivity index (χ1) is 16.8. The first-order valence-electron chi connectivity index (χ1n) is 10.6. The van der Waals surface area contributed by atoms with E-state index >= 15 is 0 Å². The van der Waals surface area contributed by atoms with E-state index in [4.69, 9.17) is 14.2 Å². The van der Waals surface area contributed by atoms with Gasteiger partial charge in [-0.25, -0.2) is 9.79 Å². The van der Waals surface area contributed by atoms with Gasteiger partial charge in [0.05, 0.1) is 23.1 Å². The number of rotatable bonds is 8. The number of ether oxygens (including phenoxy) is 3. The number of aliphatic hydroxyl groups excluding tert-OH is 1. The van der Waals surface area contributed by atoms with Gasteiger partial charge in [-0.3, -0.25) is 4.79 Å². The minimum absolute atomic E-state index is 0.0671. The number of aryl methyl sites for hydroxylation is 1. The summed E-state index contributed by atoms with van der Waals surface area (Å²) in [5.74, 6) is -0.619.